The molecule has 0 aromatic rings. The first-order valence-electron chi connectivity index (χ1n) is 4.33. The number of nitrogens with one attached hydrogen (secondary N) is 2. The van der Waals surface area contributed by atoms with Crippen LogP contribution < -0.4 is 10.6 Å². The van der Waals surface area contributed by atoms with Crippen LogP contribution in [0.25, 0.3) is 0 Å². The topological polar surface area (TPSA) is 47.6 Å². The normalized spacial score (nSPS) is 23.7. The molecular formula is C7H14N4O. The van der Waals surface area contributed by atoms with Crippen LogP contribution in [-0.4, -0.2) is 55.3 Å². The Labute approximate surface area is 71.7 Å². The minimum atomic E-state index is 0.157. The number of rotatable bonds is 0. The first kappa shape index (κ1) is 7.82. The van der Waals surface area contributed by atoms with Crippen molar-refractivity contribution in [2.24, 2.45) is 0 Å². The summed E-state index contributed by atoms with van der Waals surface area (Å²) in [4.78, 5) is 15.3. The molecule has 5 nitrogen and oxygen atoms in total. The molecule has 0 unspecified atom stereocenters. The zero-order valence-electron chi connectivity index (χ0n) is 7.05. The molecule has 68 valence electrons. The third kappa shape index (κ3) is 1.37. The molecule has 0 saturated carbocycles. The molecule has 5 heteroatoms. The highest BCUT2D eigenvalue weighted by Crippen LogP contribution is 2.02. The lowest BCUT2D eigenvalue weighted by atomic mass is 10.6. The summed E-state index contributed by atoms with van der Waals surface area (Å²) in [5.74, 6) is 0. The zero-order chi connectivity index (χ0) is 8.39. The molecular weight excluding hydrogens is 156 g/mol. The SMILES string of the molecule is O=C(N1CCNC1)N1CCNC1. The molecule has 0 atom stereocenters. The lowest BCUT2D eigenvalue weighted by Crippen LogP contribution is -2.41. The molecule has 2 aliphatic rings. The fraction of sp³-hybridized carbons (Fsp3) is 0.857. The van der Waals surface area contributed by atoms with Gasteiger partial charge in [-0.3, -0.25) is 10.6 Å². The second kappa shape index (κ2) is 3.28. The number of carbonyl (C=O) groups is 1. The van der Waals surface area contributed by atoms with E-state index in [-0.39, 0.29) is 6.03 Å². The lowest BCUT2D eigenvalue weighted by molar-refractivity contribution is 0.172. The largest absolute Gasteiger partial charge is 0.322 e. The van der Waals surface area contributed by atoms with Gasteiger partial charge in [0.25, 0.3) is 0 Å². The Morgan fingerprint density at radius 3 is 1.83 bits per heavy atom. The van der Waals surface area contributed by atoms with E-state index in [1.807, 2.05) is 9.80 Å². The van der Waals surface area contributed by atoms with Crippen molar-refractivity contribution in [3.05, 3.63) is 0 Å². The Morgan fingerprint density at radius 2 is 1.50 bits per heavy atom. The van der Waals surface area contributed by atoms with Crippen LogP contribution in [0.4, 0.5) is 4.79 Å². The van der Waals surface area contributed by atoms with Crippen molar-refractivity contribution in [3.63, 3.8) is 0 Å². The van der Waals surface area contributed by atoms with Crippen LogP contribution in [0.5, 0.6) is 0 Å². The van der Waals surface area contributed by atoms with Crippen LogP contribution in [-0.2, 0) is 0 Å². The maximum absolute atomic E-state index is 11.6. The fourth-order valence-electron chi connectivity index (χ4n) is 1.54. The van der Waals surface area contributed by atoms with Gasteiger partial charge in [-0.15, -0.1) is 0 Å². The van der Waals surface area contributed by atoms with E-state index >= 15 is 0 Å². The van der Waals surface area contributed by atoms with Gasteiger partial charge in [0.1, 0.15) is 0 Å². The molecule has 2 amide bonds. The average Bonchev–Trinajstić information content (AvgIpc) is 2.77. The molecule has 0 aromatic carbocycles. The molecule has 0 bridgehead atoms. The van der Waals surface area contributed by atoms with Crippen molar-refractivity contribution in [1.82, 2.24) is 20.4 Å². The van der Waals surface area contributed by atoms with Crippen LogP contribution >= 0.6 is 0 Å². The smallest absolute Gasteiger partial charge is 0.311 e. The summed E-state index contributed by atoms with van der Waals surface area (Å²) in [6, 6.07) is 0.157. The highest BCUT2D eigenvalue weighted by molar-refractivity contribution is 5.74. The molecule has 0 radical (unpaired) electrons. The molecule has 2 aliphatic heterocycles. The number of urea groups is 1. The van der Waals surface area contributed by atoms with Crippen molar-refractivity contribution in [1.29, 1.82) is 0 Å². The summed E-state index contributed by atoms with van der Waals surface area (Å²) in [6.07, 6.45) is 0. The van der Waals surface area contributed by atoms with E-state index in [0.717, 1.165) is 26.2 Å². The van der Waals surface area contributed by atoms with Gasteiger partial charge < -0.3 is 9.80 Å². The van der Waals surface area contributed by atoms with Gasteiger partial charge in [-0.2, -0.15) is 0 Å². The predicted molar refractivity (Wildman–Crippen MR) is 44.5 cm³/mol. The summed E-state index contributed by atoms with van der Waals surface area (Å²) >= 11 is 0. The van der Waals surface area contributed by atoms with Gasteiger partial charge in [-0.25, -0.2) is 4.79 Å². The number of hydrogen-bond donors (Lipinski definition) is 2. The highest BCUT2D eigenvalue weighted by atomic mass is 16.2. The summed E-state index contributed by atoms with van der Waals surface area (Å²) in [5, 5.41) is 6.27. The summed E-state index contributed by atoms with van der Waals surface area (Å²) in [5.41, 5.74) is 0. The van der Waals surface area contributed by atoms with Crippen molar-refractivity contribution < 1.29 is 4.79 Å². The standard InChI is InChI=1S/C7H14N4O/c12-7(10-3-1-8-5-10)11-4-2-9-6-11/h8-9H,1-6H2. The first-order valence-corrected chi connectivity index (χ1v) is 4.33. The molecule has 0 aliphatic carbocycles. The Balaban J connectivity index is 1.89. The van der Waals surface area contributed by atoms with Crippen LogP contribution in [0.3, 0.4) is 0 Å². The van der Waals surface area contributed by atoms with Gasteiger partial charge >= 0.3 is 6.03 Å². The Hall–Kier alpha value is -0.810. The van der Waals surface area contributed by atoms with Crippen molar-refractivity contribution in [3.8, 4) is 0 Å². The molecule has 2 heterocycles. The van der Waals surface area contributed by atoms with Gasteiger partial charge in [0, 0.05) is 26.2 Å². The second-order valence-electron chi connectivity index (χ2n) is 3.13. The monoisotopic (exact) mass is 170 g/mol. The molecule has 2 fully saturated rings. The third-order valence-corrected chi connectivity index (χ3v) is 2.26. The van der Waals surface area contributed by atoms with E-state index in [1.54, 1.807) is 0 Å². The molecule has 0 spiro atoms. The fourth-order valence-corrected chi connectivity index (χ4v) is 1.54. The second-order valence-corrected chi connectivity index (χ2v) is 3.13. The van der Waals surface area contributed by atoms with Crippen LogP contribution in [0, 0.1) is 0 Å². The number of carbonyl (C=O) groups excluding carboxylic acids is 1. The number of hydrogen-bond acceptors (Lipinski definition) is 3. The highest BCUT2D eigenvalue weighted by Gasteiger charge is 2.24. The van der Waals surface area contributed by atoms with E-state index in [4.69, 9.17) is 0 Å². The minimum absolute atomic E-state index is 0.157. The van der Waals surface area contributed by atoms with Gasteiger partial charge in [0.05, 0.1) is 13.3 Å². The number of nitrogens with zero attached hydrogens (tertiary/aromatic N) is 2. The molecule has 2 N–H and O–H groups in total. The van der Waals surface area contributed by atoms with Crippen LogP contribution in [0.2, 0.25) is 0 Å². The Bertz CT molecular complexity index is 154. The molecule has 0 aromatic heterocycles. The third-order valence-electron chi connectivity index (χ3n) is 2.26. The predicted octanol–water partition coefficient (Wildman–Crippen LogP) is -1.17. The lowest BCUT2D eigenvalue weighted by Gasteiger charge is -2.21. The molecule has 2 saturated heterocycles. The van der Waals surface area contributed by atoms with Crippen molar-refractivity contribution in [2.75, 3.05) is 39.5 Å². The van der Waals surface area contributed by atoms with E-state index in [0.29, 0.717) is 13.3 Å². The first-order chi connectivity index (χ1) is 5.88. The van der Waals surface area contributed by atoms with Crippen LogP contribution in [0.15, 0.2) is 0 Å². The minimum Gasteiger partial charge on any atom is -0.311 e. The van der Waals surface area contributed by atoms with Gasteiger partial charge in [-0.1, -0.05) is 0 Å². The zero-order valence-corrected chi connectivity index (χ0v) is 7.05. The van der Waals surface area contributed by atoms with E-state index in [1.165, 1.54) is 0 Å². The summed E-state index contributed by atoms with van der Waals surface area (Å²) in [6.45, 7) is 4.94. The maximum atomic E-state index is 11.6. The van der Waals surface area contributed by atoms with Gasteiger partial charge in [0.2, 0.25) is 0 Å². The van der Waals surface area contributed by atoms with Crippen molar-refractivity contribution in [2.45, 2.75) is 0 Å². The maximum Gasteiger partial charge on any atom is 0.322 e. The van der Waals surface area contributed by atoms with Crippen molar-refractivity contribution >= 4 is 6.03 Å². The van der Waals surface area contributed by atoms with Gasteiger partial charge in [-0.05, 0) is 0 Å². The molecule has 2 rings (SSSR count). The Morgan fingerprint density at radius 1 is 1.00 bits per heavy atom. The summed E-state index contributed by atoms with van der Waals surface area (Å²) in [7, 11) is 0. The Kier molecular flexibility index (Phi) is 2.14. The van der Waals surface area contributed by atoms with E-state index in [9.17, 15) is 4.79 Å². The number of amides is 2. The van der Waals surface area contributed by atoms with Gasteiger partial charge in [0.15, 0.2) is 0 Å². The quantitative estimate of drug-likeness (QED) is 0.481. The summed E-state index contributed by atoms with van der Waals surface area (Å²) < 4.78 is 0. The average molecular weight is 170 g/mol. The van der Waals surface area contributed by atoms with E-state index in [2.05, 4.69) is 10.6 Å². The van der Waals surface area contributed by atoms with Crippen LogP contribution in [0.1, 0.15) is 0 Å². The van der Waals surface area contributed by atoms with E-state index < -0.39 is 0 Å². The molecule has 12 heavy (non-hydrogen) atoms.